The average molecular weight is 335 g/mol. The lowest BCUT2D eigenvalue weighted by molar-refractivity contribution is -0.112. The highest BCUT2D eigenvalue weighted by Crippen LogP contribution is 2.12. The molecule has 25 heavy (non-hydrogen) atoms. The Morgan fingerprint density at radius 2 is 1.80 bits per heavy atom. The normalized spacial score (nSPS) is 10.6. The summed E-state index contributed by atoms with van der Waals surface area (Å²) >= 11 is 0. The van der Waals surface area contributed by atoms with E-state index < -0.39 is 11.9 Å². The predicted octanol–water partition coefficient (Wildman–Crippen LogP) is 2.86. The Balaban J connectivity index is 2.04. The first-order chi connectivity index (χ1) is 12.0. The molecule has 0 saturated carbocycles. The molecule has 0 aliphatic carbocycles. The van der Waals surface area contributed by atoms with E-state index in [-0.39, 0.29) is 11.1 Å². The Hall–Kier alpha value is -3.59. The van der Waals surface area contributed by atoms with E-state index in [4.69, 9.17) is 5.11 Å². The fourth-order valence-electron chi connectivity index (χ4n) is 2.17. The third kappa shape index (κ3) is 5.22. The molecular weight excluding hydrogens is 318 g/mol. The van der Waals surface area contributed by atoms with Gasteiger partial charge < -0.3 is 15.3 Å². The van der Waals surface area contributed by atoms with Gasteiger partial charge >= 0.3 is 5.97 Å². The second kappa shape index (κ2) is 8.31. The van der Waals surface area contributed by atoms with Crippen molar-refractivity contribution in [1.29, 1.82) is 5.26 Å². The van der Waals surface area contributed by atoms with Gasteiger partial charge in [0.1, 0.15) is 11.6 Å². The summed E-state index contributed by atoms with van der Waals surface area (Å²) in [4.78, 5) is 24.8. The zero-order valence-corrected chi connectivity index (χ0v) is 13.6. The van der Waals surface area contributed by atoms with Crippen LogP contribution in [0.15, 0.2) is 66.4 Å². The number of amides is 1. The van der Waals surface area contributed by atoms with Crippen LogP contribution < -0.4 is 5.32 Å². The lowest BCUT2D eigenvalue weighted by Gasteiger charge is -2.15. The summed E-state index contributed by atoms with van der Waals surface area (Å²) in [5.41, 5.74) is 1.56. The smallest absolute Gasteiger partial charge is 0.335 e. The molecule has 0 saturated heterocycles. The molecule has 0 aliphatic rings. The number of nitriles is 1. The maximum atomic E-state index is 12.2. The third-order valence-corrected chi connectivity index (χ3v) is 3.38. The minimum absolute atomic E-state index is 0.0410. The van der Waals surface area contributed by atoms with Crippen molar-refractivity contribution in [1.82, 2.24) is 4.90 Å². The summed E-state index contributed by atoms with van der Waals surface area (Å²) in [6, 6.07) is 17.3. The molecule has 6 heteroatoms. The summed E-state index contributed by atoms with van der Waals surface area (Å²) in [6.45, 7) is 0.562. The Morgan fingerprint density at radius 3 is 2.36 bits per heavy atom. The number of carbonyl (C=O) groups excluding carboxylic acids is 1. The molecule has 0 unspecified atom stereocenters. The number of nitrogens with zero attached hydrogens (tertiary/aromatic N) is 2. The van der Waals surface area contributed by atoms with E-state index >= 15 is 0 Å². The van der Waals surface area contributed by atoms with Crippen molar-refractivity contribution in [2.45, 2.75) is 6.54 Å². The third-order valence-electron chi connectivity index (χ3n) is 3.38. The maximum absolute atomic E-state index is 12.2. The van der Waals surface area contributed by atoms with Gasteiger partial charge in [-0.25, -0.2) is 4.79 Å². The molecule has 0 atom stereocenters. The lowest BCUT2D eigenvalue weighted by Crippen LogP contribution is -2.18. The molecule has 0 aliphatic heterocycles. The first kappa shape index (κ1) is 17.8. The van der Waals surface area contributed by atoms with Crippen molar-refractivity contribution in [3.8, 4) is 6.07 Å². The van der Waals surface area contributed by atoms with Crippen LogP contribution in [0.25, 0.3) is 0 Å². The van der Waals surface area contributed by atoms with Crippen LogP contribution in [0.3, 0.4) is 0 Å². The SMILES string of the molecule is CN(/C=C(/C#N)C(=O)Nc1ccc(C(=O)O)cc1)Cc1ccccc1. The molecule has 126 valence electrons. The first-order valence-corrected chi connectivity index (χ1v) is 7.50. The van der Waals surface area contributed by atoms with E-state index in [1.165, 1.54) is 30.5 Å². The van der Waals surface area contributed by atoms with E-state index in [1.807, 2.05) is 36.4 Å². The molecule has 1 amide bonds. The van der Waals surface area contributed by atoms with Crippen molar-refractivity contribution in [2.75, 3.05) is 12.4 Å². The number of carbonyl (C=O) groups is 2. The fourth-order valence-corrected chi connectivity index (χ4v) is 2.17. The van der Waals surface area contributed by atoms with Gasteiger partial charge in [0.05, 0.1) is 5.56 Å². The van der Waals surface area contributed by atoms with Gasteiger partial charge in [-0.1, -0.05) is 30.3 Å². The number of carboxylic acids is 1. The summed E-state index contributed by atoms with van der Waals surface area (Å²) < 4.78 is 0. The first-order valence-electron chi connectivity index (χ1n) is 7.50. The number of rotatable bonds is 6. The topological polar surface area (TPSA) is 93.4 Å². The van der Waals surface area contributed by atoms with Crippen molar-refractivity contribution in [3.05, 3.63) is 77.5 Å². The van der Waals surface area contributed by atoms with E-state index in [0.717, 1.165) is 5.56 Å². The van der Waals surface area contributed by atoms with Crippen molar-refractivity contribution >= 4 is 17.6 Å². The molecule has 2 aromatic carbocycles. The van der Waals surface area contributed by atoms with Crippen LogP contribution in [-0.4, -0.2) is 28.9 Å². The van der Waals surface area contributed by atoms with Crippen LogP contribution in [0.2, 0.25) is 0 Å². The minimum Gasteiger partial charge on any atom is -0.478 e. The molecule has 0 heterocycles. The van der Waals surface area contributed by atoms with Crippen LogP contribution in [0.1, 0.15) is 15.9 Å². The number of aromatic carboxylic acids is 1. The zero-order chi connectivity index (χ0) is 18.2. The minimum atomic E-state index is -1.04. The largest absolute Gasteiger partial charge is 0.478 e. The standard InChI is InChI=1S/C19H17N3O3/c1-22(12-14-5-3-2-4-6-14)13-16(11-20)18(23)21-17-9-7-15(8-10-17)19(24)25/h2-10,13H,12H2,1H3,(H,21,23)(H,24,25)/b16-13-. The van der Waals surface area contributed by atoms with Gasteiger partial charge in [0.25, 0.3) is 5.91 Å². The molecule has 0 aromatic heterocycles. The van der Waals surface area contributed by atoms with E-state index in [0.29, 0.717) is 12.2 Å². The monoisotopic (exact) mass is 335 g/mol. The number of nitrogens with one attached hydrogen (secondary N) is 1. The van der Waals surface area contributed by atoms with Crippen molar-refractivity contribution < 1.29 is 14.7 Å². The van der Waals surface area contributed by atoms with Crippen molar-refractivity contribution in [3.63, 3.8) is 0 Å². The molecule has 2 N–H and O–H groups in total. The molecule has 0 fully saturated rings. The number of benzene rings is 2. The number of hydrogen-bond acceptors (Lipinski definition) is 4. The summed E-state index contributed by atoms with van der Waals surface area (Å²) in [5, 5.41) is 20.7. The average Bonchev–Trinajstić information content (AvgIpc) is 2.61. The van der Waals surface area contributed by atoms with E-state index in [9.17, 15) is 14.9 Å². The van der Waals surface area contributed by atoms with Gasteiger partial charge in [0.15, 0.2) is 0 Å². The Labute approximate surface area is 145 Å². The number of hydrogen-bond donors (Lipinski definition) is 2. The molecular formula is C19H17N3O3. The molecule has 2 aromatic rings. The fraction of sp³-hybridized carbons (Fsp3) is 0.105. The highest BCUT2D eigenvalue weighted by molar-refractivity contribution is 6.06. The molecule has 0 bridgehead atoms. The highest BCUT2D eigenvalue weighted by atomic mass is 16.4. The van der Waals surface area contributed by atoms with Gasteiger partial charge in [-0.15, -0.1) is 0 Å². The molecule has 0 radical (unpaired) electrons. The maximum Gasteiger partial charge on any atom is 0.335 e. The van der Waals surface area contributed by atoms with Gasteiger partial charge in [-0.05, 0) is 29.8 Å². The zero-order valence-electron chi connectivity index (χ0n) is 13.6. The molecule has 2 rings (SSSR count). The molecule has 6 nitrogen and oxygen atoms in total. The second-order valence-corrected chi connectivity index (χ2v) is 5.39. The van der Waals surface area contributed by atoms with Crippen LogP contribution in [0.5, 0.6) is 0 Å². The van der Waals surface area contributed by atoms with Gasteiger partial charge in [-0.3, -0.25) is 4.79 Å². The predicted molar refractivity (Wildman–Crippen MR) is 93.6 cm³/mol. The van der Waals surface area contributed by atoms with Crippen LogP contribution in [0, 0.1) is 11.3 Å². The van der Waals surface area contributed by atoms with Crippen LogP contribution in [0.4, 0.5) is 5.69 Å². The Kier molecular flexibility index (Phi) is 5.91. The van der Waals surface area contributed by atoms with E-state index in [1.54, 1.807) is 11.9 Å². The Morgan fingerprint density at radius 1 is 1.16 bits per heavy atom. The second-order valence-electron chi connectivity index (χ2n) is 5.39. The quantitative estimate of drug-likeness (QED) is 0.625. The van der Waals surface area contributed by atoms with E-state index in [2.05, 4.69) is 5.32 Å². The van der Waals surface area contributed by atoms with Gasteiger partial charge in [-0.2, -0.15) is 5.26 Å². The number of anilines is 1. The highest BCUT2D eigenvalue weighted by Gasteiger charge is 2.11. The Bertz CT molecular complexity index is 821. The number of carboxylic acid groups (broad SMARTS) is 1. The molecule has 0 spiro atoms. The van der Waals surface area contributed by atoms with Crippen LogP contribution in [-0.2, 0) is 11.3 Å². The summed E-state index contributed by atoms with van der Waals surface area (Å²) in [7, 11) is 1.78. The van der Waals surface area contributed by atoms with Crippen molar-refractivity contribution in [2.24, 2.45) is 0 Å². The van der Waals surface area contributed by atoms with Gasteiger partial charge in [0, 0.05) is 25.5 Å². The summed E-state index contributed by atoms with van der Waals surface area (Å²) in [6.07, 6.45) is 1.48. The van der Waals surface area contributed by atoms with Gasteiger partial charge in [0.2, 0.25) is 0 Å². The van der Waals surface area contributed by atoms with Crippen LogP contribution >= 0.6 is 0 Å². The lowest BCUT2D eigenvalue weighted by atomic mass is 10.2. The summed E-state index contributed by atoms with van der Waals surface area (Å²) in [5.74, 6) is -1.59.